The second-order valence-corrected chi connectivity index (χ2v) is 7.27. The zero-order valence-corrected chi connectivity index (χ0v) is 17.4. The summed E-state index contributed by atoms with van der Waals surface area (Å²) >= 11 is 0. The predicted molar refractivity (Wildman–Crippen MR) is 122 cm³/mol. The van der Waals surface area contributed by atoms with Crippen LogP contribution in [0.1, 0.15) is 27.5 Å². The first-order valence-corrected chi connectivity index (χ1v) is 10.3. The van der Waals surface area contributed by atoms with Crippen molar-refractivity contribution in [1.29, 1.82) is 0 Å². The van der Waals surface area contributed by atoms with Gasteiger partial charge in [0.15, 0.2) is 0 Å². The van der Waals surface area contributed by atoms with Crippen molar-refractivity contribution < 1.29 is 9.59 Å². The molecule has 2 N–H and O–H groups in total. The van der Waals surface area contributed by atoms with Gasteiger partial charge in [-0.1, -0.05) is 66.7 Å². The van der Waals surface area contributed by atoms with Crippen molar-refractivity contribution in [3.8, 4) is 0 Å². The highest BCUT2D eigenvalue weighted by atomic mass is 16.2. The average Bonchev–Trinajstić information content (AvgIpc) is 3.27. The fourth-order valence-corrected chi connectivity index (χ4v) is 3.42. The summed E-state index contributed by atoms with van der Waals surface area (Å²) in [5, 5.41) is 9.90. The number of hydrogen-bond donors (Lipinski definition) is 2. The van der Waals surface area contributed by atoms with Gasteiger partial charge in [-0.2, -0.15) is 5.10 Å². The van der Waals surface area contributed by atoms with Crippen LogP contribution in [-0.2, 0) is 11.3 Å². The van der Waals surface area contributed by atoms with E-state index in [1.807, 2.05) is 36.4 Å². The Balaban J connectivity index is 1.35. The number of hydrogen-bond acceptors (Lipinski definition) is 4. The van der Waals surface area contributed by atoms with Crippen molar-refractivity contribution in [2.75, 3.05) is 11.9 Å². The summed E-state index contributed by atoms with van der Waals surface area (Å²) in [5.74, 6) is -0.442. The lowest BCUT2D eigenvalue weighted by molar-refractivity contribution is -0.121. The smallest absolute Gasteiger partial charge is 0.274 e. The minimum Gasteiger partial charge on any atom is -0.354 e. The molecular formula is C25H23N5O2. The molecular weight excluding hydrogens is 402 g/mol. The zero-order chi connectivity index (χ0) is 22.2. The standard InChI is InChI=1S/C25H23N5O2/c31-24(18-30-17-21(15-28-30)29-25(32)23-13-7-8-14-26-23)27-16-22(19-9-3-1-4-10-19)20-11-5-2-6-12-20/h1-15,17,22H,16,18H2,(H,27,31)(H,29,32). The number of aromatic nitrogens is 3. The number of anilines is 1. The molecule has 2 aromatic carbocycles. The fourth-order valence-electron chi connectivity index (χ4n) is 3.42. The van der Waals surface area contributed by atoms with E-state index in [1.165, 1.54) is 10.9 Å². The molecule has 0 spiro atoms. The number of nitrogens with zero attached hydrogens (tertiary/aromatic N) is 3. The summed E-state index contributed by atoms with van der Waals surface area (Å²) in [7, 11) is 0. The van der Waals surface area contributed by atoms with Gasteiger partial charge in [-0.25, -0.2) is 0 Å². The Hall–Kier alpha value is -4.26. The molecule has 0 aliphatic rings. The third-order valence-electron chi connectivity index (χ3n) is 5.00. The van der Waals surface area contributed by atoms with E-state index in [1.54, 1.807) is 30.6 Å². The lowest BCUT2D eigenvalue weighted by Crippen LogP contribution is -2.32. The molecule has 7 heteroatoms. The first-order valence-electron chi connectivity index (χ1n) is 10.3. The van der Waals surface area contributed by atoms with E-state index in [4.69, 9.17) is 0 Å². The van der Waals surface area contributed by atoms with Gasteiger partial charge < -0.3 is 10.6 Å². The van der Waals surface area contributed by atoms with E-state index < -0.39 is 0 Å². The Labute approximate surface area is 186 Å². The number of pyridine rings is 1. The highest BCUT2D eigenvalue weighted by Crippen LogP contribution is 2.23. The van der Waals surface area contributed by atoms with E-state index in [-0.39, 0.29) is 24.3 Å². The summed E-state index contributed by atoms with van der Waals surface area (Å²) in [5.41, 5.74) is 3.08. The van der Waals surface area contributed by atoms with E-state index >= 15 is 0 Å². The Kier molecular flexibility index (Phi) is 6.67. The maximum absolute atomic E-state index is 12.6. The lowest BCUT2D eigenvalue weighted by Gasteiger charge is -2.19. The van der Waals surface area contributed by atoms with Gasteiger partial charge in [0, 0.05) is 24.9 Å². The molecule has 2 aromatic heterocycles. The Morgan fingerprint density at radius 2 is 1.53 bits per heavy atom. The van der Waals surface area contributed by atoms with Crippen molar-refractivity contribution in [3.63, 3.8) is 0 Å². The molecule has 2 amide bonds. The van der Waals surface area contributed by atoms with Crippen LogP contribution in [0.3, 0.4) is 0 Å². The number of nitrogens with one attached hydrogen (secondary N) is 2. The quantitative estimate of drug-likeness (QED) is 0.452. The third kappa shape index (κ3) is 5.46. The molecule has 32 heavy (non-hydrogen) atoms. The van der Waals surface area contributed by atoms with Crippen LogP contribution < -0.4 is 10.6 Å². The van der Waals surface area contributed by atoms with Crippen molar-refractivity contribution in [1.82, 2.24) is 20.1 Å². The van der Waals surface area contributed by atoms with Gasteiger partial charge in [-0.15, -0.1) is 0 Å². The molecule has 2 heterocycles. The van der Waals surface area contributed by atoms with Crippen LogP contribution in [0.2, 0.25) is 0 Å². The predicted octanol–water partition coefficient (Wildman–Crippen LogP) is 3.48. The van der Waals surface area contributed by atoms with E-state index in [2.05, 4.69) is 45.0 Å². The molecule has 0 radical (unpaired) electrons. The van der Waals surface area contributed by atoms with Gasteiger partial charge in [-0.05, 0) is 23.3 Å². The number of amides is 2. The largest absolute Gasteiger partial charge is 0.354 e. The van der Waals surface area contributed by atoms with Crippen molar-refractivity contribution in [3.05, 3.63) is 114 Å². The summed E-state index contributed by atoms with van der Waals surface area (Å²) in [6.07, 6.45) is 4.68. The van der Waals surface area contributed by atoms with Crippen LogP contribution in [0.25, 0.3) is 0 Å². The zero-order valence-electron chi connectivity index (χ0n) is 17.4. The summed E-state index contributed by atoms with van der Waals surface area (Å²) in [4.78, 5) is 28.8. The number of benzene rings is 2. The molecule has 0 aliphatic heterocycles. The first-order chi connectivity index (χ1) is 15.7. The van der Waals surface area contributed by atoms with Gasteiger partial charge >= 0.3 is 0 Å². The molecule has 7 nitrogen and oxygen atoms in total. The molecule has 4 rings (SSSR count). The van der Waals surface area contributed by atoms with Gasteiger partial charge in [0.05, 0.1) is 11.9 Å². The van der Waals surface area contributed by atoms with E-state index in [0.717, 1.165) is 11.1 Å². The number of rotatable bonds is 8. The van der Waals surface area contributed by atoms with Crippen LogP contribution in [-0.4, -0.2) is 33.1 Å². The topological polar surface area (TPSA) is 88.9 Å². The molecule has 160 valence electrons. The summed E-state index contributed by atoms with van der Waals surface area (Å²) < 4.78 is 1.49. The summed E-state index contributed by atoms with van der Waals surface area (Å²) in [6, 6.07) is 25.3. The maximum atomic E-state index is 12.6. The van der Waals surface area contributed by atoms with Crippen LogP contribution in [0.15, 0.2) is 97.5 Å². The highest BCUT2D eigenvalue weighted by Gasteiger charge is 2.16. The molecule has 0 atom stereocenters. The summed E-state index contributed by atoms with van der Waals surface area (Å²) in [6.45, 7) is 0.521. The van der Waals surface area contributed by atoms with Crippen molar-refractivity contribution in [2.45, 2.75) is 12.5 Å². The second kappa shape index (κ2) is 10.2. The molecule has 0 unspecified atom stereocenters. The first kappa shape index (κ1) is 21.0. The van der Waals surface area contributed by atoms with Crippen molar-refractivity contribution in [2.24, 2.45) is 0 Å². The Bertz CT molecular complexity index is 1120. The normalized spacial score (nSPS) is 10.7. The number of carbonyl (C=O) groups is 2. The average molecular weight is 425 g/mol. The second-order valence-electron chi connectivity index (χ2n) is 7.27. The van der Waals surface area contributed by atoms with Gasteiger partial charge in [0.2, 0.25) is 5.91 Å². The van der Waals surface area contributed by atoms with Crippen LogP contribution in [0.5, 0.6) is 0 Å². The van der Waals surface area contributed by atoms with Crippen LogP contribution in [0, 0.1) is 0 Å². The highest BCUT2D eigenvalue weighted by molar-refractivity contribution is 6.02. The maximum Gasteiger partial charge on any atom is 0.274 e. The molecule has 0 saturated carbocycles. The molecule has 0 fully saturated rings. The third-order valence-corrected chi connectivity index (χ3v) is 5.00. The minimum atomic E-state index is -0.330. The lowest BCUT2D eigenvalue weighted by atomic mass is 9.91. The molecule has 0 aliphatic carbocycles. The Morgan fingerprint density at radius 3 is 2.16 bits per heavy atom. The van der Waals surface area contributed by atoms with Crippen molar-refractivity contribution >= 4 is 17.5 Å². The SMILES string of the molecule is O=C(Cn1cc(NC(=O)c2ccccn2)cn1)NCC(c1ccccc1)c1ccccc1. The fraction of sp³-hybridized carbons (Fsp3) is 0.120. The number of carbonyl (C=O) groups excluding carboxylic acids is 2. The van der Waals surface area contributed by atoms with E-state index in [0.29, 0.717) is 17.9 Å². The Morgan fingerprint density at radius 1 is 0.875 bits per heavy atom. The van der Waals surface area contributed by atoms with Gasteiger partial charge in [0.25, 0.3) is 5.91 Å². The van der Waals surface area contributed by atoms with Gasteiger partial charge in [0.1, 0.15) is 12.2 Å². The van der Waals surface area contributed by atoms with Crippen LogP contribution in [0.4, 0.5) is 5.69 Å². The van der Waals surface area contributed by atoms with Gasteiger partial charge in [-0.3, -0.25) is 19.3 Å². The molecule has 4 aromatic rings. The monoisotopic (exact) mass is 425 g/mol. The molecule has 0 bridgehead atoms. The minimum absolute atomic E-state index is 0.0483. The molecule has 0 saturated heterocycles. The van der Waals surface area contributed by atoms with Crippen LogP contribution >= 0.6 is 0 Å². The van der Waals surface area contributed by atoms with E-state index in [9.17, 15) is 9.59 Å².